The number of rotatable bonds is 7. The molecule has 166 valence electrons. The minimum Gasteiger partial charge on any atom is -0.365 e. The van der Waals surface area contributed by atoms with Gasteiger partial charge in [0.05, 0.1) is 16.2 Å². The molecular weight excluding hydrogens is 452 g/mol. The van der Waals surface area contributed by atoms with Crippen LogP contribution in [0.4, 0.5) is 10.7 Å². The summed E-state index contributed by atoms with van der Waals surface area (Å²) in [5.41, 5.74) is 7.49. The summed E-state index contributed by atoms with van der Waals surface area (Å²) in [6.45, 7) is 0. The van der Waals surface area contributed by atoms with E-state index < -0.39 is 10.8 Å². The van der Waals surface area contributed by atoms with Crippen molar-refractivity contribution in [1.82, 2.24) is 14.8 Å². The molecule has 1 aromatic carbocycles. The van der Waals surface area contributed by atoms with Crippen molar-refractivity contribution >= 4 is 45.6 Å². The van der Waals surface area contributed by atoms with Gasteiger partial charge in [-0.15, -0.1) is 21.5 Å². The van der Waals surface area contributed by atoms with Gasteiger partial charge in [0, 0.05) is 29.6 Å². The van der Waals surface area contributed by atoms with Gasteiger partial charge in [0.15, 0.2) is 11.0 Å². The molecule has 3 N–H and O–H groups in total. The number of thioether (sulfide) groups is 1. The second-order valence-corrected chi connectivity index (χ2v) is 9.34. The monoisotopic (exact) mass is 472 g/mol. The predicted octanol–water partition coefficient (Wildman–Crippen LogP) is 3.16. The van der Waals surface area contributed by atoms with Crippen molar-refractivity contribution in [2.75, 3.05) is 11.1 Å². The molecule has 1 aliphatic carbocycles. The lowest BCUT2D eigenvalue weighted by Gasteiger charge is -2.11. The molecule has 4 rings (SSSR count). The molecule has 0 atom stereocenters. The maximum atomic E-state index is 12.6. The first kappa shape index (κ1) is 22.0. The van der Waals surface area contributed by atoms with E-state index in [1.165, 1.54) is 35.2 Å². The molecule has 0 saturated heterocycles. The fourth-order valence-electron chi connectivity index (χ4n) is 3.66. The lowest BCUT2D eigenvalue weighted by molar-refractivity contribution is -0.384. The van der Waals surface area contributed by atoms with Gasteiger partial charge in [0.2, 0.25) is 5.91 Å². The number of carbonyl (C=O) groups excluding carboxylic acids is 2. The standard InChI is InChI=1S/C20H20N6O4S2/c1-25-18(11-5-4-6-12(9-11)26(29)30)23-24-20(25)31-10-15(27)22-19-16(17(21)28)13-7-2-3-8-14(13)32-19/h4-6,9H,2-3,7-8,10H2,1H3,(H2,21,28)(H,22,27). The third kappa shape index (κ3) is 4.36. The Kier molecular flexibility index (Phi) is 6.24. The fourth-order valence-corrected chi connectivity index (χ4v) is 5.68. The number of non-ortho nitro benzene ring substituents is 1. The van der Waals surface area contributed by atoms with E-state index in [-0.39, 0.29) is 17.3 Å². The van der Waals surface area contributed by atoms with Crippen LogP contribution in [0.15, 0.2) is 29.4 Å². The number of primary amides is 1. The van der Waals surface area contributed by atoms with E-state index in [0.29, 0.717) is 27.1 Å². The van der Waals surface area contributed by atoms with Crippen molar-refractivity contribution in [3.05, 3.63) is 50.4 Å². The number of nitrogens with zero attached hydrogens (tertiary/aromatic N) is 4. The summed E-state index contributed by atoms with van der Waals surface area (Å²) in [7, 11) is 1.73. The van der Waals surface area contributed by atoms with Gasteiger partial charge in [-0.1, -0.05) is 23.9 Å². The third-order valence-corrected chi connectivity index (χ3v) is 7.38. The molecule has 0 radical (unpaired) electrons. The number of fused-ring (bicyclic) bond motifs is 1. The van der Waals surface area contributed by atoms with Crippen LogP contribution in [-0.4, -0.2) is 37.3 Å². The maximum Gasteiger partial charge on any atom is 0.270 e. The van der Waals surface area contributed by atoms with E-state index in [1.54, 1.807) is 23.7 Å². The molecule has 0 bridgehead atoms. The molecule has 10 nitrogen and oxygen atoms in total. The van der Waals surface area contributed by atoms with E-state index in [4.69, 9.17) is 5.73 Å². The third-order valence-electron chi connectivity index (χ3n) is 5.15. The summed E-state index contributed by atoms with van der Waals surface area (Å²) < 4.78 is 1.68. The Labute approximate surface area is 191 Å². The van der Waals surface area contributed by atoms with E-state index >= 15 is 0 Å². The number of thiophene rings is 1. The number of amides is 2. The van der Waals surface area contributed by atoms with Crippen molar-refractivity contribution < 1.29 is 14.5 Å². The van der Waals surface area contributed by atoms with Crippen molar-refractivity contribution in [2.24, 2.45) is 12.8 Å². The highest BCUT2D eigenvalue weighted by Crippen LogP contribution is 2.38. The maximum absolute atomic E-state index is 12.6. The number of benzene rings is 1. The molecule has 2 aromatic heterocycles. The largest absolute Gasteiger partial charge is 0.365 e. The molecule has 3 aromatic rings. The SMILES string of the molecule is Cn1c(SCC(=O)Nc2sc3c(c2C(N)=O)CCCC3)nnc1-c1cccc([N+](=O)[O-])c1. The molecule has 1 aliphatic rings. The number of nitrogens with two attached hydrogens (primary N) is 1. The Morgan fingerprint density at radius 3 is 2.84 bits per heavy atom. The van der Waals surface area contributed by atoms with E-state index in [0.717, 1.165) is 36.1 Å². The molecular formula is C20H20N6O4S2. The van der Waals surface area contributed by atoms with Gasteiger partial charge < -0.3 is 15.6 Å². The zero-order valence-electron chi connectivity index (χ0n) is 17.2. The molecule has 0 aliphatic heterocycles. The zero-order valence-corrected chi connectivity index (χ0v) is 18.8. The van der Waals surface area contributed by atoms with Crippen LogP contribution in [0.1, 0.15) is 33.6 Å². The molecule has 0 unspecified atom stereocenters. The molecule has 12 heteroatoms. The minimum atomic E-state index is -0.526. The van der Waals surface area contributed by atoms with E-state index in [2.05, 4.69) is 15.5 Å². The van der Waals surface area contributed by atoms with Gasteiger partial charge in [0.25, 0.3) is 11.6 Å². The Morgan fingerprint density at radius 2 is 2.09 bits per heavy atom. The first-order valence-electron chi connectivity index (χ1n) is 9.86. The van der Waals surface area contributed by atoms with Crippen molar-refractivity contribution in [3.63, 3.8) is 0 Å². The predicted molar refractivity (Wildman–Crippen MR) is 122 cm³/mol. The average Bonchev–Trinajstić information content (AvgIpc) is 3.32. The molecule has 32 heavy (non-hydrogen) atoms. The molecule has 0 spiro atoms. The number of aromatic nitrogens is 3. The number of hydrogen-bond donors (Lipinski definition) is 2. The van der Waals surface area contributed by atoms with Gasteiger partial charge in [-0.2, -0.15) is 0 Å². The Morgan fingerprint density at radius 1 is 1.31 bits per heavy atom. The van der Waals surface area contributed by atoms with Crippen LogP contribution in [0.5, 0.6) is 0 Å². The van der Waals surface area contributed by atoms with Crippen molar-refractivity contribution in [1.29, 1.82) is 0 Å². The topological polar surface area (TPSA) is 146 Å². The van der Waals surface area contributed by atoms with Gasteiger partial charge >= 0.3 is 0 Å². The van der Waals surface area contributed by atoms with Gasteiger partial charge in [-0.25, -0.2) is 0 Å². The van der Waals surface area contributed by atoms with Crippen LogP contribution in [0.3, 0.4) is 0 Å². The minimum absolute atomic E-state index is 0.0389. The van der Waals surface area contributed by atoms with E-state index in [9.17, 15) is 19.7 Å². The normalized spacial score (nSPS) is 12.9. The van der Waals surface area contributed by atoms with Crippen LogP contribution in [0.25, 0.3) is 11.4 Å². The quantitative estimate of drug-likeness (QED) is 0.305. The summed E-state index contributed by atoms with van der Waals surface area (Å²) in [5.74, 6) is -0.293. The Bertz CT molecular complexity index is 1220. The summed E-state index contributed by atoms with van der Waals surface area (Å²) >= 11 is 2.60. The van der Waals surface area contributed by atoms with Crippen LogP contribution in [0, 0.1) is 10.1 Å². The molecule has 0 saturated carbocycles. The number of aryl methyl sites for hydroxylation is 1. The highest BCUT2D eigenvalue weighted by atomic mass is 32.2. The molecule has 0 fully saturated rings. The highest BCUT2D eigenvalue weighted by molar-refractivity contribution is 7.99. The van der Waals surface area contributed by atoms with Gasteiger partial charge in [-0.3, -0.25) is 19.7 Å². The van der Waals surface area contributed by atoms with E-state index in [1.807, 2.05) is 0 Å². The lowest BCUT2D eigenvalue weighted by atomic mass is 9.95. The summed E-state index contributed by atoms with van der Waals surface area (Å²) in [5, 5.41) is 23.0. The van der Waals surface area contributed by atoms with Crippen molar-refractivity contribution in [2.45, 2.75) is 30.8 Å². The smallest absolute Gasteiger partial charge is 0.270 e. The number of nitro benzene ring substituents is 1. The number of nitro groups is 1. The summed E-state index contributed by atoms with van der Waals surface area (Å²) in [6, 6.07) is 6.12. The first-order chi connectivity index (χ1) is 15.3. The second-order valence-electron chi connectivity index (χ2n) is 7.29. The number of nitrogens with one attached hydrogen (secondary N) is 1. The number of hydrogen-bond acceptors (Lipinski definition) is 8. The molecule has 2 amide bonds. The average molecular weight is 473 g/mol. The highest BCUT2D eigenvalue weighted by Gasteiger charge is 2.25. The summed E-state index contributed by atoms with van der Waals surface area (Å²) in [6.07, 6.45) is 3.76. The Balaban J connectivity index is 1.46. The van der Waals surface area contributed by atoms with Crippen LogP contribution >= 0.6 is 23.1 Å². The van der Waals surface area contributed by atoms with Crippen LogP contribution in [-0.2, 0) is 24.7 Å². The van der Waals surface area contributed by atoms with Crippen LogP contribution < -0.4 is 11.1 Å². The van der Waals surface area contributed by atoms with Gasteiger partial charge in [-0.05, 0) is 31.2 Å². The number of anilines is 1. The number of carbonyl (C=O) groups is 2. The summed E-state index contributed by atoms with van der Waals surface area (Å²) in [4.78, 5) is 36.2. The first-order valence-corrected chi connectivity index (χ1v) is 11.7. The van der Waals surface area contributed by atoms with Crippen molar-refractivity contribution in [3.8, 4) is 11.4 Å². The van der Waals surface area contributed by atoms with Crippen LogP contribution in [0.2, 0.25) is 0 Å². The molecule has 2 heterocycles. The fraction of sp³-hybridized carbons (Fsp3) is 0.300. The Hall–Kier alpha value is -3.25. The second kappa shape index (κ2) is 9.09. The van der Waals surface area contributed by atoms with Gasteiger partial charge in [0.1, 0.15) is 5.00 Å². The lowest BCUT2D eigenvalue weighted by Crippen LogP contribution is -2.19. The zero-order chi connectivity index (χ0) is 22.8.